The standard InChI is InChI=1S/C13H12ClN3O2.C6H12FN.C2H6/c14-7-1-2-9(11(18)5-7)12-10-6-19-4-3-8(10)13(15)17-16-12;1-8-4-2-3-6(7)5-8;1-2/h1-2,5,18H,3-4,6H2,(H2,15,17);6H,2-5H2,1H3;1-2H3. The molecule has 160 valence electrons. The number of anilines is 1. The van der Waals surface area contributed by atoms with Crippen molar-refractivity contribution >= 4 is 17.4 Å². The normalized spacial score (nSPS) is 18.6. The highest BCUT2D eigenvalue weighted by Gasteiger charge is 2.21. The van der Waals surface area contributed by atoms with Gasteiger partial charge in [0.1, 0.15) is 23.4 Å². The van der Waals surface area contributed by atoms with E-state index in [9.17, 15) is 9.50 Å². The summed E-state index contributed by atoms with van der Waals surface area (Å²) in [7, 11) is 1.96. The zero-order valence-corrected chi connectivity index (χ0v) is 18.0. The Bertz CT molecular complexity index is 798. The van der Waals surface area contributed by atoms with Gasteiger partial charge in [-0.3, -0.25) is 0 Å². The first-order valence-corrected chi connectivity index (χ1v) is 10.4. The van der Waals surface area contributed by atoms with Crippen molar-refractivity contribution in [1.29, 1.82) is 0 Å². The number of aromatic nitrogens is 2. The fourth-order valence-corrected chi connectivity index (χ4v) is 3.50. The second-order valence-electron chi connectivity index (χ2n) is 6.86. The Morgan fingerprint density at radius 1 is 1.28 bits per heavy atom. The number of rotatable bonds is 1. The molecule has 1 unspecified atom stereocenters. The average molecular weight is 425 g/mol. The summed E-state index contributed by atoms with van der Waals surface area (Å²) in [5.41, 5.74) is 8.85. The fraction of sp³-hybridized carbons (Fsp3) is 0.524. The quantitative estimate of drug-likeness (QED) is 0.712. The van der Waals surface area contributed by atoms with Crippen molar-refractivity contribution < 1.29 is 14.2 Å². The molecule has 0 spiro atoms. The van der Waals surface area contributed by atoms with E-state index in [1.807, 2.05) is 25.8 Å². The third-order valence-electron chi connectivity index (χ3n) is 4.74. The van der Waals surface area contributed by atoms with Gasteiger partial charge in [-0.25, -0.2) is 4.39 Å². The summed E-state index contributed by atoms with van der Waals surface area (Å²) in [4.78, 5) is 2.04. The van der Waals surface area contributed by atoms with Gasteiger partial charge in [-0.1, -0.05) is 25.4 Å². The lowest BCUT2D eigenvalue weighted by Crippen LogP contribution is -2.32. The van der Waals surface area contributed by atoms with Crippen LogP contribution in [0.3, 0.4) is 0 Å². The minimum Gasteiger partial charge on any atom is -0.507 e. The first-order valence-electron chi connectivity index (χ1n) is 9.99. The van der Waals surface area contributed by atoms with Crippen LogP contribution in [0, 0.1) is 0 Å². The molecule has 2 aliphatic heterocycles. The van der Waals surface area contributed by atoms with Crippen LogP contribution in [0.25, 0.3) is 11.3 Å². The Balaban J connectivity index is 0.000000252. The SMILES string of the molecule is CC.CN1CCCC(F)C1.Nc1nnc(-c2ccc(Cl)cc2O)c2c1CCOC2. The van der Waals surface area contributed by atoms with Crippen LogP contribution >= 0.6 is 11.6 Å². The minimum absolute atomic E-state index is 0.0688. The number of nitrogens with zero attached hydrogens (tertiary/aromatic N) is 3. The van der Waals surface area contributed by atoms with Gasteiger partial charge < -0.3 is 20.5 Å². The molecule has 4 rings (SSSR count). The molecule has 29 heavy (non-hydrogen) atoms. The van der Waals surface area contributed by atoms with E-state index in [1.165, 1.54) is 6.07 Å². The number of aromatic hydroxyl groups is 1. The number of nitrogens with two attached hydrogens (primary N) is 1. The number of phenols is 1. The Labute approximate surface area is 176 Å². The summed E-state index contributed by atoms with van der Waals surface area (Å²) in [6.45, 7) is 6.75. The summed E-state index contributed by atoms with van der Waals surface area (Å²) in [5.74, 6) is 0.495. The largest absolute Gasteiger partial charge is 0.507 e. The highest BCUT2D eigenvalue weighted by molar-refractivity contribution is 6.30. The van der Waals surface area contributed by atoms with Crippen molar-refractivity contribution in [3.8, 4) is 17.0 Å². The van der Waals surface area contributed by atoms with E-state index in [2.05, 4.69) is 10.2 Å². The molecule has 1 atom stereocenters. The van der Waals surface area contributed by atoms with Gasteiger partial charge in [-0.15, -0.1) is 10.2 Å². The number of phenolic OH excluding ortho intramolecular Hbond substituents is 1. The summed E-state index contributed by atoms with van der Waals surface area (Å²) in [6, 6.07) is 4.89. The van der Waals surface area contributed by atoms with Gasteiger partial charge in [0.25, 0.3) is 0 Å². The number of halogens is 2. The number of alkyl halides is 1. The minimum atomic E-state index is -0.561. The van der Waals surface area contributed by atoms with Crippen molar-refractivity contribution in [2.45, 2.75) is 45.9 Å². The Morgan fingerprint density at radius 2 is 2.03 bits per heavy atom. The number of benzene rings is 1. The van der Waals surface area contributed by atoms with Gasteiger partial charge in [-0.05, 0) is 51.1 Å². The fourth-order valence-electron chi connectivity index (χ4n) is 3.33. The van der Waals surface area contributed by atoms with Crippen molar-refractivity contribution in [2.24, 2.45) is 0 Å². The van der Waals surface area contributed by atoms with E-state index in [4.69, 9.17) is 22.1 Å². The second kappa shape index (κ2) is 11.3. The zero-order valence-electron chi connectivity index (χ0n) is 17.3. The molecule has 0 radical (unpaired) electrons. The van der Waals surface area contributed by atoms with Gasteiger partial charge in [0.15, 0.2) is 0 Å². The lowest BCUT2D eigenvalue weighted by molar-refractivity contribution is 0.111. The van der Waals surface area contributed by atoms with Crippen LogP contribution in [0.15, 0.2) is 18.2 Å². The number of fused-ring (bicyclic) bond motifs is 1. The average Bonchev–Trinajstić information content (AvgIpc) is 2.71. The van der Waals surface area contributed by atoms with Crippen LogP contribution in [-0.4, -0.2) is 53.1 Å². The van der Waals surface area contributed by atoms with E-state index in [-0.39, 0.29) is 5.75 Å². The lowest BCUT2D eigenvalue weighted by atomic mass is 9.98. The van der Waals surface area contributed by atoms with Gasteiger partial charge in [0, 0.05) is 28.3 Å². The van der Waals surface area contributed by atoms with E-state index in [0.717, 1.165) is 30.5 Å². The molecule has 1 aromatic carbocycles. The van der Waals surface area contributed by atoms with Gasteiger partial charge in [0.05, 0.1) is 13.2 Å². The Morgan fingerprint density at radius 3 is 2.66 bits per heavy atom. The molecule has 0 amide bonds. The first-order chi connectivity index (χ1) is 14.0. The molecule has 2 aromatic rings. The number of likely N-dealkylation sites (tertiary alicyclic amines) is 1. The molecule has 6 nitrogen and oxygen atoms in total. The predicted octanol–water partition coefficient (Wildman–Crippen LogP) is 4.23. The molecule has 1 saturated heterocycles. The summed E-state index contributed by atoms with van der Waals surface area (Å²) in [6.07, 6.45) is 1.94. The van der Waals surface area contributed by atoms with Crippen LogP contribution in [-0.2, 0) is 17.8 Å². The van der Waals surface area contributed by atoms with Crippen molar-refractivity contribution in [2.75, 3.05) is 32.5 Å². The van der Waals surface area contributed by atoms with E-state index in [0.29, 0.717) is 48.3 Å². The molecular weight excluding hydrogens is 395 g/mol. The van der Waals surface area contributed by atoms with Crippen LogP contribution < -0.4 is 5.73 Å². The molecule has 3 heterocycles. The molecule has 1 fully saturated rings. The van der Waals surface area contributed by atoms with E-state index >= 15 is 0 Å². The number of nitrogen functional groups attached to an aromatic ring is 1. The molecule has 0 aliphatic carbocycles. The van der Waals surface area contributed by atoms with Gasteiger partial charge >= 0.3 is 0 Å². The number of piperidine rings is 1. The third kappa shape index (κ3) is 6.26. The van der Waals surface area contributed by atoms with Crippen LogP contribution in [0.2, 0.25) is 5.02 Å². The van der Waals surface area contributed by atoms with Crippen LogP contribution in [0.4, 0.5) is 10.2 Å². The molecule has 1 aromatic heterocycles. The summed E-state index contributed by atoms with van der Waals surface area (Å²) in [5, 5.41) is 18.5. The number of ether oxygens (including phenoxy) is 1. The second-order valence-corrected chi connectivity index (χ2v) is 7.29. The molecule has 2 aliphatic rings. The number of hydrogen-bond donors (Lipinski definition) is 2. The summed E-state index contributed by atoms with van der Waals surface area (Å²) >= 11 is 5.83. The highest BCUT2D eigenvalue weighted by Crippen LogP contribution is 2.35. The zero-order chi connectivity index (χ0) is 21.4. The van der Waals surface area contributed by atoms with Crippen LogP contribution in [0.1, 0.15) is 37.8 Å². The van der Waals surface area contributed by atoms with Crippen molar-refractivity contribution in [3.05, 3.63) is 34.3 Å². The van der Waals surface area contributed by atoms with E-state index < -0.39 is 6.17 Å². The molecule has 0 bridgehead atoms. The third-order valence-corrected chi connectivity index (χ3v) is 4.98. The molecule has 3 N–H and O–H groups in total. The Hall–Kier alpha value is -1.96. The van der Waals surface area contributed by atoms with Gasteiger partial charge in [0.2, 0.25) is 0 Å². The van der Waals surface area contributed by atoms with Gasteiger partial charge in [-0.2, -0.15) is 0 Å². The molecular formula is C21H30ClFN4O2. The maximum Gasteiger partial charge on any atom is 0.149 e. The molecule has 8 heteroatoms. The Kier molecular flexibility index (Phi) is 9.07. The maximum absolute atomic E-state index is 12.4. The van der Waals surface area contributed by atoms with Crippen molar-refractivity contribution in [3.63, 3.8) is 0 Å². The van der Waals surface area contributed by atoms with E-state index in [1.54, 1.807) is 12.1 Å². The van der Waals surface area contributed by atoms with Crippen molar-refractivity contribution in [1.82, 2.24) is 15.1 Å². The lowest BCUT2D eigenvalue weighted by Gasteiger charge is -2.24. The monoisotopic (exact) mass is 424 g/mol. The molecule has 0 saturated carbocycles. The summed E-state index contributed by atoms with van der Waals surface area (Å²) < 4.78 is 17.8. The van der Waals surface area contributed by atoms with Crippen LogP contribution in [0.5, 0.6) is 5.75 Å². The smallest absolute Gasteiger partial charge is 0.149 e. The predicted molar refractivity (Wildman–Crippen MR) is 115 cm³/mol. The first kappa shape index (κ1) is 23.3. The topological polar surface area (TPSA) is 84.5 Å². The highest BCUT2D eigenvalue weighted by atomic mass is 35.5. The number of hydrogen-bond acceptors (Lipinski definition) is 6. The maximum atomic E-state index is 12.4.